The summed E-state index contributed by atoms with van der Waals surface area (Å²) in [6.07, 6.45) is 11.3. The van der Waals surface area contributed by atoms with Crippen LogP contribution in [0, 0.1) is 6.92 Å². The van der Waals surface area contributed by atoms with Crippen LogP contribution in [-0.4, -0.2) is 29.3 Å². The summed E-state index contributed by atoms with van der Waals surface area (Å²) in [5.41, 5.74) is 16.6. The lowest BCUT2D eigenvalue weighted by molar-refractivity contribution is 0.0700. The Bertz CT molecular complexity index is 1770. The molecule has 6 heteroatoms. The number of aromatic nitrogens is 1. The molecule has 5 rings (SSSR count). The van der Waals surface area contributed by atoms with Gasteiger partial charge in [-0.15, -0.1) is 0 Å². The average Bonchev–Trinajstić information content (AvgIpc) is 3.71. The number of nitrogens with two attached hydrogens (primary N) is 1. The highest BCUT2D eigenvalue weighted by molar-refractivity contribution is 7.98. The van der Waals surface area contributed by atoms with Gasteiger partial charge in [0.25, 0.3) is 0 Å². The summed E-state index contributed by atoms with van der Waals surface area (Å²) in [7, 11) is 0. The van der Waals surface area contributed by atoms with Crippen LogP contribution in [0.3, 0.4) is 0 Å². The first-order valence-electron chi connectivity index (χ1n) is 17.8. The maximum absolute atomic E-state index is 6.63. The van der Waals surface area contributed by atoms with Crippen LogP contribution in [0.5, 0.6) is 0 Å². The van der Waals surface area contributed by atoms with Gasteiger partial charge in [-0.25, -0.2) is 0 Å². The monoisotopic (exact) mass is 677 g/mol. The molecule has 2 unspecified atom stereocenters. The predicted molar refractivity (Wildman–Crippen MR) is 211 cm³/mol. The van der Waals surface area contributed by atoms with Gasteiger partial charge in [0.1, 0.15) is 0 Å². The van der Waals surface area contributed by atoms with Crippen molar-refractivity contribution in [3.05, 3.63) is 124 Å². The fourth-order valence-electron chi connectivity index (χ4n) is 6.09. The second kappa shape index (κ2) is 19.4. The number of hydrogen-bond acceptors (Lipinski definition) is 6. The molecule has 4 aromatic rings. The Morgan fingerprint density at radius 3 is 2.41 bits per heavy atom. The van der Waals surface area contributed by atoms with Crippen molar-refractivity contribution < 1.29 is 9.26 Å². The number of fused-ring (bicyclic) bond motifs is 1. The summed E-state index contributed by atoms with van der Waals surface area (Å²) in [4.78, 5) is 4.58. The van der Waals surface area contributed by atoms with E-state index in [1.54, 1.807) is 0 Å². The second-order valence-corrected chi connectivity index (χ2v) is 13.9. The Kier molecular flexibility index (Phi) is 15.0. The number of nitrogens with zero attached hydrogens (tertiary/aromatic N) is 2. The van der Waals surface area contributed by atoms with E-state index < -0.39 is 0 Å². The van der Waals surface area contributed by atoms with Gasteiger partial charge in [0, 0.05) is 45.8 Å². The minimum absolute atomic E-state index is 0.408. The van der Waals surface area contributed by atoms with Crippen LogP contribution >= 0.6 is 11.8 Å². The van der Waals surface area contributed by atoms with Crippen molar-refractivity contribution in [3.63, 3.8) is 0 Å². The lowest BCUT2D eigenvalue weighted by Gasteiger charge is -2.18. The summed E-state index contributed by atoms with van der Waals surface area (Å²) in [6, 6.07) is 25.4. The number of benzene rings is 3. The van der Waals surface area contributed by atoms with Gasteiger partial charge in [-0.3, -0.25) is 4.99 Å². The first-order chi connectivity index (χ1) is 23.7. The zero-order valence-electron chi connectivity index (χ0n) is 30.6. The van der Waals surface area contributed by atoms with E-state index in [0.717, 1.165) is 71.2 Å². The minimum Gasteiger partial charge on any atom is -0.398 e. The van der Waals surface area contributed by atoms with Crippen molar-refractivity contribution >= 4 is 28.7 Å². The molecule has 49 heavy (non-hydrogen) atoms. The summed E-state index contributed by atoms with van der Waals surface area (Å²) in [5, 5.41) is 6.68. The van der Waals surface area contributed by atoms with Crippen LogP contribution in [-0.2, 0) is 16.9 Å². The molecule has 5 nitrogen and oxygen atoms in total. The highest BCUT2D eigenvalue weighted by Crippen LogP contribution is 2.32. The maximum atomic E-state index is 6.63. The van der Waals surface area contributed by atoms with Gasteiger partial charge in [-0.2, -0.15) is 11.8 Å². The first kappa shape index (κ1) is 37.9. The standard InChI is InChI=1S/C26H34N2.C17H21NO2S/c1-6-9-12-24(25(20(5)28-8-3)26(27)19(4)7-2)18-21-15-16-22-13-10-11-14-23(22)17-21;1-12-8-9-15(19-12)10-21-11-16-13(2)18-20-17(16)14-6-4-3-5-7-14/h8,10-17H,6-7,9,18,27H2,1-5H3;3-7,12,15H,8-11H2,1-2H3/b24-12-,25-20-,26-19-,28-8?;. The van der Waals surface area contributed by atoms with Crippen molar-refractivity contribution in [1.82, 2.24) is 5.16 Å². The van der Waals surface area contributed by atoms with E-state index in [1.165, 1.54) is 45.9 Å². The number of ether oxygens (including phenoxy) is 1. The third-order valence-corrected chi connectivity index (χ3v) is 10.1. The Hall–Kier alpha value is -3.87. The van der Waals surface area contributed by atoms with Gasteiger partial charge in [-0.05, 0) is 94.2 Å². The number of rotatable bonds is 13. The summed E-state index contributed by atoms with van der Waals surface area (Å²) in [6.45, 7) is 14.7. The Balaban J connectivity index is 0.000000229. The molecule has 1 aliphatic heterocycles. The van der Waals surface area contributed by atoms with Gasteiger partial charge < -0.3 is 15.0 Å². The zero-order chi connectivity index (χ0) is 35.2. The third kappa shape index (κ3) is 10.8. The maximum Gasteiger partial charge on any atom is 0.171 e. The molecular weight excluding hydrogens is 623 g/mol. The third-order valence-electron chi connectivity index (χ3n) is 9.04. The fourth-order valence-corrected chi connectivity index (χ4v) is 7.26. The van der Waals surface area contributed by atoms with E-state index in [0.29, 0.717) is 12.2 Å². The van der Waals surface area contributed by atoms with Gasteiger partial charge in [0.15, 0.2) is 5.76 Å². The van der Waals surface area contributed by atoms with Crippen LogP contribution in [0.25, 0.3) is 22.1 Å². The summed E-state index contributed by atoms with van der Waals surface area (Å²) in [5.74, 6) is 2.87. The van der Waals surface area contributed by atoms with E-state index >= 15 is 0 Å². The van der Waals surface area contributed by atoms with Crippen molar-refractivity contribution in [2.24, 2.45) is 10.7 Å². The smallest absolute Gasteiger partial charge is 0.171 e. The SMILES string of the molecule is CC=N/C(C)=C(C(=C\CCC)/Cc1ccc2ccccc2c1)\C(N)=C(/C)CC.Cc1noc(-c2ccccc2)c1CSCC1CCC(C)O1. The topological polar surface area (TPSA) is 73.6 Å². The molecule has 1 fully saturated rings. The van der Waals surface area contributed by atoms with Crippen LogP contribution < -0.4 is 5.73 Å². The molecule has 0 spiro atoms. The molecule has 1 aromatic heterocycles. The van der Waals surface area contributed by atoms with Crippen molar-refractivity contribution in [1.29, 1.82) is 0 Å². The number of thioether (sulfide) groups is 1. The Morgan fingerprint density at radius 2 is 1.73 bits per heavy atom. The number of aryl methyl sites for hydroxylation is 1. The molecule has 0 radical (unpaired) electrons. The van der Waals surface area contributed by atoms with E-state index in [4.69, 9.17) is 15.0 Å². The zero-order valence-corrected chi connectivity index (χ0v) is 31.4. The molecule has 0 amide bonds. The van der Waals surface area contributed by atoms with Crippen LogP contribution in [0.1, 0.15) is 90.5 Å². The normalized spacial score (nSPS) is 17.6. The largest absolute Gasteiger partial charge is 0.398 e. The molecule has 0 bridgehead atoms. The lowest BCUT2D eigenvalue weighted by atomic mass is 9.90. The van der Waals surface area contributed by atoms with E-state index in [1.807, 2.05) is 50.0 Å². The molecule has 3 aromatic carbocycles. The number of aliphatic imine (C=N–C) groups is 1. The van der Waals surface area contributed by atoms with E-state index in [-0.39, 0.29) is 0 Å². The molecule has 2 atom stereocenters. The van der Waals surface area contributed by atoms with Gasteiger partial charge in [0.05, 0.1) is 17.9 Å². The quantitative estimate of drug-likeness (QED) is 0.113. The number of allylic oxidation sites excluding steroid dienone is 4. The molecular formula is C43H55N3O2S. The Labute approximate surface area is 298 Å². The van der Waals surface area contributed by atoms with E-state index in [2.05, 4.69) is 105 Å². The fraction of sp³-hybridized carbons (Fsp3) is 0.395. The molecule has 260 valence electrons. The highest BCUT2D eigenvalue weighted by atomic mass is 32.2. The molecule has 0 aliphatic carbocycles. The van der Waals surface area contributed by atoms with Crippen molar-refractivity contribution in [2.75, 3.05) is 5.75 Å². The number of unbranched alkanes of at least 4 members (excludes halogenated alkanes) is 1. The molecule has 2 heterocycles. The molecule has 0 saturated carbocycles. The lowest BCUT2D eigenvalue weighted by Crippen LogP contribution is -2.11. The van der Waals surface area contributed by atoms with Gasteiger partial charge in [-0.1, -0.05) is 104 Å². The number of hydrogen-bond donors (Lipinski definition) is 1. The van der Waals surface area contributed by atoms with E-state index in [9.17, 15) is 0 Å². The molecule has 2 N–H and O–H groups in total. The highest BCUT2D eigenvalue weighted by Gasteiger charge is 2.22. The first-order valence-corrected chi connectivity index (χ1v) is 19.0. The van der Waals surface area contributed by atoms with Gasteiger partial charge in [0.2, 0.25) is 0 Å². The molecule has 1 aliphatic rings. The predicted octanol–water partition coefficient (Wildman–Crippen LogP) is 11.6. The molecule has 1 saturated heterocycles. The second-order valence-electron chi connectivity index (χ2n) is 12.9. The van der Waals surface area contributed by atoms with Crippen molar-refractivity contribution in [3.8, 4) is 11.3 Å². The van der Waals surface area contributed by atoms with Crippen molar-refractivity contribution in [2.45, 2.75) is 105 Å². The minimum atomic E-state index is 0.408. The van der Waals surface area contributed by atoms with Crippen LogP contribution in [0.15, 0.2) is 117 Å². The average molecular weight is 678 g/mol. The van der Waals surface area contributed by atoms with Crippen LogP contribution in [0.4, 0.5) is 0 Å². The Morgan fingerprint density at radius 1 is 1.00 bits per heavy atom. The summed E-state index contributed by atoms with van der Waals surface area (Å²) < 4.78 is 11.4. The van der Waals surface area contributed by atoms with Crippen LogP contribution in [0.2, 0.25) is 0 Å². The summed E-state index contributed by atoms with van der Waals surface area (Å²) >= 11 is 1.91. The van der Waals surface area contributed by atoms with Gasteiger partial charge >= 0.3 is 0 Å².